The molecule has 0 aliphatic carbocycles. The lowest BCUT2D eigenvalue weighted by Gasteiger charge is -2.10. The topological polar surface area (TPSA) is 59.9 Å². The first-order valence-electron chi connectivity index (χ1n) is 9.49. The molecule has 3 aromatic rings. The number of nitrogens with zero attached hydrogens (tertiary/aromatic N) is 1. The van der Waals surface area contributed by atoms with Crippen molar-refractivity contribution < 1.29 is 14.3 Å². The Balaban J connectivity index is 1.56. The summed E-state index contributed by atoms with van der Waals surface area (Å²) < 4.78 is 12.4. The second kappa shape index (κ2) is 10.6. The second-order valence-corrected chi connectivity index (χ2v) is 7.72. The maximum Gasteiger partial charge on any atom is 0.277 e. The van der Waals surface area contributed by atoms with Crippen molar-refractivity contribution in [2.24, 2.45) is 5.10 Å². The molecule has 3 aromatic carbocycles. The number of ether oxygens (including phenoxy) is 2. The highest BCUT2D eigenvalue weighted by atomic mass is 79.9. The number of halogens is 1. The van der Waals surface area contributed by atoms with Crippen LogP contribution in [0.5, 0.6) is 11.5 Å². The molecule has 0 bridgehead atoms. The highest BCUT2D eigenvalue weighted by molar-refractivity contribution is 9.10. The Morgan fingerprint density at radius 1 is 1.00 bits per heavy atom. The zero-order chi connectivity index (χ0) is 21.3. The standard InChI is InChI=1S/C24H23BrN2O3/c1-17-8-10-22(18(2)12-17)30-16-24(28)27-26-14-20-13-21(25)9-11-23(20)29-15-19-6-4-3-5-7-19/h3-14H,15-16H2,1-2H3,(H,27,28)/b26-14-. The van der Waals surface area contributed by atoms with E-state index in [1.807, 2.05) is 80.6 Å². The SMILES string of the molecule is Cc1ccc(OCC(=O)N/N=C\c2cc(Br)ccc2OCc2ccccc2)c(C)c1. The molecule has 0 heterocycles. The van der Waals surface area contributed by atoms with Crippen molar-refractivity contribution in [2.45, 2.75) is 20.5 Å². The molecule has 0 radical (unpaired) electrons. The highest BCUT2D eigenvalue weighted by Crippen LogP contribution is 2.23. The van der Waals surface area contributed by atoms with Gasteiger partial charge in [0.2, 0.25) is 0 Å². The van der Waals surface area contributed by atoms with Gasteiger partial charge in [-0.3, -0.25) is 4.79 Å². The first-order valence-corrected chi connectivity index (χ1v) is 10.3. The lowest BCUT2D eigenvalue weighted by atomic mass is 10.1. The minimum Gasteiger partial charge on any atom is -0.488 e. The van der Waals surface area contributed by atoms with Gasteiger partial charge >= 0.3 is 0 Å². The van der Waals surface area contributed by atoms with E-state index in [1.54, 1.807) is 6.21 Å². The highest BCUT2D eigenvalue weighted by Gasteiger charge is 2.06. The fraction of sp³-hybridized carbons (Fsp3) is 0.167. The van der Waals surface area contributed by atoms with E-state index >= 15 is 0 Å². The number of nitrogens with one attached hydrogen (secondary N) is 1. The Hall–Kier alpha value is -3.12. The largest absolute Gasteiger partial charge is 0.488 e. The van der Waals surface area contributed by atoms with Gasteiger partial charge in [0.05, 0.1) is 6.21 Å². The molecule has 154 valence electrons. The third kappa shape index (κ3) is 6.46. The summed E-state index contributed by atoms with van der Waals surface area (Å²) in [5, 5.41) is 4.04. The lowest BCUT2D eigenvalue weighted by Crippen LogP contribution is -2.24. The van der Waals surface area contributed by atoms with Crippen LogP contribution in [0.4, 0.5) is 0 Å². The Bertz CT molecular complexity index is 1040. The van der Waals surface area contributed by atoms with Gasteiger partial charge in [-0.25, -0.2) is 5.43 Å². The summed E-state index contributed by atoms with van der Waals surface area (Å²) in [6.07, 6.45) is 1.56. The number of hydrogen-bond donors (Lipinski definition) is 1. The van der Waals surface area contributed by atoms with Gasteiger partial charge in [-0.1, -0.05) is 64.0 Å². The van der Waals surface area contributed by atoms with Crippen LogP contribution in [0.15, 0.2) is 76.3 Å². The molecule has 0 spiro atoms. The number of rotatable bonds is 8. The van der Waals surface area contributed by atoms with Gasteiger partial charge in [-0.05, 0) is 49.2 Å². The van der Waals surface area contributed by atoms with Crippen molar-refractivity contribution >= 4 is 28.1 Å². The Kier molecular flexibility index (Phi) is 7.63. The van der Waals surface area contributed by atoms with Crippen molar-refractivity contribution in [3.05, 3.63) is 93.5 Å². The molecule has 0 unspecified atom stereocenters. The summed E-state index contributed by atoms with van der Waals surface area (Å²) in [5.41, 5.74) is 6.44. The summed E-state index contributed by atoms with van der Waals surface area (Å²) in [7, 11) is 0. The Morgan fingerprint density at radius 3 is 2.53 bits per heavy atom. The molecular formula is C24H23BrN2O3. The normalized spacial score (nSPS) is 10.8. The smallest absolute Gasteiger partial charge is 0.277 e. The quantitative estimate of drug-likeness (QED) is 0.367. The monoisotopic (exact) mass is 466 g/mol. The summed E-state index contributed by atoms with van der Waals surface area (Å²) in [5.74, 6) is 1.02. The van der Waals surface area contributed by atoms with E-state index in [-0.39, 0.29) is 12.5 Å². The van der Waals surface area contributed by atoms with E-state index in [2.05, 4.69) is 26.5 Å². The number of hydrogen-bond acceptors (Lipinski definition) is 4. The van der Waals surface area contributed by atoms with Crippen LogP contribution in [0.3, 0.4) is 0 Å². The predicted octanol–water partition coefficient (Wildman–Crippen LogP) is 5.17. The van der Waals surface area contributed by atoms with Gasteiger partial charge in [0.1, 0.15) is 18.1 Å². The summed E-state index contributed by atoms with van der Waals surface area (Å²) in [6.45, 7) is 4.29. The van der Waals surface area contributed by atoms with Crippen LogP contribution in [-0.4, -0.2) is 18.7 Å². The first-order chi connectivity index (χ1) is 14.5. The fourth-order valence-corrected chi connectivity index (χ4v) is 3.18. The third-order valence-electron chi connectivity index (χ3n) is 4.29. The van der Waals surface area contributed by atoms with Crippen LogP contribution in [0.25, 0.3) is 0 Å². The molecule has 0 saturated carbocycles. The lowest BCUT2D eigenvalue weighted by molar-refractivity contribution is -0.123. The van der Waals surface area contributed by atoms with E-state index in [0.29, 0.717) is 18.1 Å². The number of amides is 1. The fourth-order valence-electron chi connectivity index (χ4n) is 2.80. The number of benzene rings is 3. The molecule has 1 amide bonds. The number of hydrazone groups is 1. The van der Waals surface area contributed by atoms with Crippen molar-refractivity contribution in [3.63, 3.8) is 0 Å². The average molecular weight is 467 g/mol. The minimum absolute atomic E-state index is 0.114. The number of carbonyl (C=O) groups is 1. The van der Waals surface area contributed by atoms with Crippen LogP contribution in [0.2, 0.25) is 0 Å². The van der Waals surface area contributed by atoms with Crippen molar-refractivity contribution in [1.82, 2.24) is 5.43 Å². The molecule has 1 N–H and O–H groups in total. The number of carbonyl (C=O) groups excluding carboxylic acids is 1. The second-order valence-electron chi connectivity index (χ2n) is 6.81. The molecule has 0 aliphatic rings. The summed E-state index contributed by atoms with van der Waals surface area (Å²) in [4.78, 5) is 12.1. The van der Waals surface area contributed by atoms with Crippen LogP contribution >= 0.6 is 15.9 Å². The molecule has 0 aromatic heterocycles. The van der Waals surface area contributed by atoms with Crippen LogP contribution < -0.4 is 14.9 Å². The third-order valence-corrected chi connectivity index (χ3v) is 4.78. The van der Waals surface area contributed by atoms with Gasteiger partial charge in [0.15, 0.2) is 6.61 Å². The van der Waals surface area contributed by atoms with Gasteiger partial charge in [0.25, 0.3) is 5.91 Å². The van der Waals surface area contributed by atoms with Gasteiger partial charge in [-0.15, -0.1) is 0 Å². The molecule has 0 fully saturated rings. The van der Waals surface area contributed by atoms with Crippen LogP contribution in [0.1, 0.15) is 22.3 Å². The van der Waals surface area contributed by atoms with E-state index in [1.165, 1.54) is 0 Å². The van der Waals surface area contributed by atoms with Crippen molar-refractivity contribution in [2.75, 3.05) is 6.61 Å². The minimum atomic E-state index is -0.340. The molecule has 30 heavy (non-hydrogen) atoms. The van der Waals surface area contributed by atoms with Crippen LogP contribution in [-0.2, 0) is 11.4 Å². The molecule has 3 rings (SSSR count). The maximum absolute atomic E-state index is 12.1. The van der Waals surface area contributed by atoms with Gasteiger partial charge in [-0.2, -0.15) is 5.10 Å². The van der Waals surface area contributed by atoms with E-state index < -0.39 is 0 Å². The van der Waals surface area contributed by atoms with E-state index in [4.69, 9.17) is 9.47 Å². The van der Waals surface area contributed by atoms with Gasteiger partial charge in [0, 0.05) is 10.0 Å². The zero-order valence-electron chi connectivity index (χ0n) is 16.9. The Labute approximate surface area is 184 Å². The Morgan fingerprint density at radius 2 is 1.77 bits per heavy atom. The summed E-state index contributed by atoms with van der Waals surface area (Å²) >= 11 is 3.45. The molecule has 5 nitrogen and oxygen atoms in total. The average Bonchev–Trinajstić information content (AvgIpc) is 2.73. The van der Waals surface area contributed by atoms with Crippen molar-refractivity contribution in [1.29, 1.82) is 0 Å². The molecule has 6 heteroatoms. The van der Waals surface area contributed by atoms with E-state index in [9.17, 15) is 4.79 Å². The van der Waals surface area contributed by atoms with Crippen LogP contribution in [0, 0.1) is 13.8 Å². The van der Waals surface area contributed by atoms with Crippen molar-refractivity contribution in [3.8, 4) is 11.5 Å². The first kappa shape index (κ1) is 21.6. The maximum atomic E-state index is 12.1. The zero-order valence-corrected chi connectivity index (χ0v) is 18.5. The van der Waals surface area contributed by atoms with E-state index in [0.717, 1.165) is 26.7 Å². The summed E-state index contributed by atoms with van der Waals surface area (Å²) in [6, 6.07) is 21.4. The molecule has 0 atom stereocenters. The molecule has 0 aliphatic heterocycles. The molecule has 0 saturated heterocycles. The molecular weight excluding hydrogens is 444 g/mol. The predicted molar refractivity (Wildman–Crippen MR) is 122 cm³/mol. The van der Waals surface area contributed by atoms with Gasteiger partial charge < -0.3 is 9.47 Å². The number of aryl methyl sites for hydroxylation is 2.